The summed E-state index contributed by atoms with van der Waals surface area (Å²) < 4.78 is 5.75. The summed E-state index contributed by atoms with van der Waals surface area (Å²) in [5, 5.41) is 3.29. The molecular formula is C17H28N2O2. The van der Waals surface area contributed by atoms with Crippen molar-refractivity contribution in [3.63, 3.8) is 0 Å². The summed E-state index contributed by atoms with van der Waals surface area (Å²) in [4.78, 5) is 13.8. The summed E-state index contributed by atoms with van der Waals surface area (Å²) >= 11 is 0. The number of nitrogens with zero attached hydrogens (tertiary/aromatic N) is 1. The van der Waals surface area contributed by atoms with E-state index in [1.807, 2.05) is 50.1 Å². The number of rotatable bonds is 9. The van der Waals surface area contributed by atoms with Gasteiger partial charge < -0.3 is 15.0 Å². The summed E-state index contributed by atoms with van der Waals surface area (Å²) in [6.07, 6.45) is 2.79. The zero-order chi connectivity index (χ0) is 15.7. The van der Waals surface area contributed by atoms with Gasteiger partial charge in [-0.3, -0.25) is 4.79 Å². The fourth-order valence-electron chi connectivity index (χ4n) is 1.98. The van der Waals surface area contributed by atoms with Crippen molar-refractivity contribution in [3.05, 3.63) is 24.3 Å². The number of carbonyl (C=O) groups is 1. The lowest BCUT2D eigenvalue weighted by Gasteiger charge is -2.18. The molecular weight excluding hydrogens is 264 g/mol. The molecule has 21 heavy (non-hydrogen) atoms. The highest BCUT2D eigenvalue weighted by Gasteiger charge is 2.09. The van der Waals surface area contributed by atoms with Crippen molar-refractivity contribution in [1.82, 2.24) is 4.90 Å². The van der Waals surface area contributed by atoms with Crippen molar-refractivity contribution < 1.29 is 9.53 Å². The Hall–Kier alpha value is -1.71. The van der Waals surface area contributed by atoms with Crippen LogP contribution in [0.1, 0.15) is 40.0 Å². The molecule has 0 aromatic heterocycles. The summed E-state index contributed by atoms with van der Waals surface area (Å²) in [5.74, 6) is 1.01. The van der Waals surface area contributed by atoms with Gasteiger partial charge in [0, 0.05) is 26.6 Å². The van der Waals surface area contributed by atoms with Crippen LogP contribution in [-0.2, 0) is 4.79 Å². The molecule has 0 atom stereocenters. The number of para-hydroxylation sites is 2. The molecule has 0 radical (unpaired) electrons. The van der Waals surface area contributed by atoms with Gasteiger partial charge in [0.2, 0.25) is 5.91 Å². The molecule has 0 aliphatic rings. The van der Waals surface area contributed by atoms with Gasteiger partial charge in [0.25, 0.3) is 0 Å². The minimum Gasteiger partial charge on any atom is -0.489 e. The molecule has 4 nitrogen and oxygen atoms in total. The highest BCUT2D eigenvalue weighted by Crippen LogP contribution is 2.24. The molecule has 0 saturated heterocycles. The number of benzene rings is 1. The lowest BCUT2D eigenvalue weighted by Crippen LogP contribution is -2.29. The Morgan fingerprint density at radius 2 is 2.05 bits per heavy atom. The number of hydrogen-bond acceptors (Lipinski definition) is 3. The Morgan fingerprint density at radius 1 is 1.33 bits per heavy atom. The molecule has 118 valence electrons. The van der Waals surface area contributed by atoms with Crippen LogP contribution >= 0.6 is 0 Å². The normalized spacial score (nSPS) is 10.5. The van der Waals surface area contributed by atoms with E-state index >= 15 is 0 Å². The van der Waals surface area contributed by atoms with E-state index in [2.05, 4.69) is 12.2 Å². The van der Waals surface area contributed by atoms with Gasteiger partial charge in [0.1, 0.15) is 5.75 Å². The van der Waals surface area contributed by atoms with Crippen LogP contribution in [0.4, 0.5) is 5.69 Å². The minimum atomic E-state index is 0.134. The van der Waals surface area contributed by atoms with E-state index in [9.17, 15) is 4.79 Å². The minimum absolute atomic E-state index is 0.134. The predicted octanol–water partition coefficient (Wildman–Crippen LogP) is 3.53. The third-order valence-corrected chi connectivity index (χ3v) is 3.18. The van der Waals surface area contributed by atoms with Gasteiger partial charge in [-0.1, -0.05) is 25.5 Å². The molecule has 0 bridgehead atoms. The van der Waals surface area contributed by atoms with E-state index in [1.54, 1.807) is 0 Å². The molecule has 0 unspecified atom stereocenters. The standard InChI is InChI=1S/C17H28N2O2/c1-5-6-13-19(4)17(20)11-12-18-15-9-7-8-10-16(15)21-14(2)3/h7-10,14,18H,5-6,11-13H2,1-4H3. The number of ether oxygens (including phenoxy) is 1. The van der Waals surface area contributed by atoms with Crippen LogP contribution in [-0.4, -0.2) is 37.0 Å². The van der Waals surface area contributed by atoms with E-state index in [0.29, 0.717) is 13.0 Å². The molecule has 4 heteroatoms. The van der Waals surface area contributed by atoms with Crippen LogP contribution in [0.5, 0.6) is 5.75 Å². The van der Waals surface area contributed by atoms with Gasteiger partial charge in [0.15, 0.2) is 0 Å². The monoisotopic (exact) mass is 292 g/mol. The van der Waals surface area contributed by atoms with Crippen LogP contribution in [0.3, 0.4) is 0 Å². The van der Waals surface area contributed by atoms with Crippen LogP contribution in [0.25, 0.3) is 0 Å². The lowest BCUT2D eigenvalue weighted by molar-refractivity contribution is -0.129. The molecule has 0 spiro atoms. The molecule has 1 aromatic rings. The number of anilines is 1. The van der Waals surface area contributed by atoms with Gasteiger partial charge >= 0.3 is 0 Å². The second-order valence-corrected chi connectivity index (χ2v) is 5.51. The molecule has 1 N–H and O–H groups in total. The van der Waals surface area contributed by atoms with Crippen molar-refractivity contribution in [1.29, 1.82) is 0 Å². The largest absolute Gasteiger partial charge is 0.489 e. The molecule has 0 aliphatic heterocycles. The fraction of sp³-hybridized carbons (Fsp3) is 0.588. The third-order valence-electron chi connectivity index (χ3n) is 3.18. The van der Waals surface area contributed by atoms with E-state index in [4.69, 9.17) is 4.74 Å². The molecule has 0 saturated carbocycles. The van der Waals surface area contributed by atoms with Gasteiger partial charge in [-0.05, 0) is 32.4 Å². The summed E-state index contributed by atoms with van der Waals surface area (Å²) in [7, 11) is 1.87. The topological polar surface area (TPSA) is 41.6 Å². The quantitative estimate of drug-likeness (QED) is 0.757. The fourth-order valence-corrected chi connectivity index (χ4v) is 1.98. The van der Waals surface area contributed by atoms with Crippen LogP contribution in [0.15, 0.2) is 24.3 Å². The first kappa shape index (κ1) is 17.3. The van der Waals surface area contributed by atoms with Gasteiger partial charge in [-0.2, -0.15) is 0 Å². The van der Waals surface area contributed by atoms with Gasteiger partial charge in [-0.15, -0.1) is 0 Å². The van der Waals surface area contributed by atoms with Gasteiger partial charge in [0.05, 0.1) is 11.8 Å². The molecule has 1 rings (SSSR count). The molecule has 0 heterocycles. The first-order valence-corrected chi connectivity index (χ1v) is 7.78. The highest BCUT2D eigenvalue weighted by molar-refractivity contribution is 5.76. The van der Waals surface area contributed by atoms with E-state index < -0.39 is 0 Å². The molecule has 1 amide bonds. The summed E-state index contributed by atoms with van der Waals surface area (Å²) in [6, 6.07) is 7.83. The number of carbonyl (C=O) groups excluding carboxylic acids is 1. The molecule has 0 aliphatic carbocycles. The molecule has 0 fully saturated rings. The summed E-state index contributed by atoms with van der Waals surface area (Å²) in [6.45, 7) is 7.59. The number of amides is 1. The lowest BCUT2D eigenvalue weighted by atomic mass is 10.2. The first-order valence-electron chi connectivity index (χ1n) is 7.78. The smallest absolute Gasteiger partial charge is 0.224 e. The second kappa shape index (κ2) is 9.27. The average molecular weight is 292 g/mol. The van der Waals surface area contributed by atoms with Crippen LogP contribution in [0, 0.1) is 0 Å². The maximum absolute atomic E-state index is 12.0. The average Bonchev–Trinajstić information content (AvgIpc) is 2.45. The highest BCUT2D eigenvalue weighted by atomic mass is 16.5. The zero-order valence-electron chi connectivity index (χ0n) is 13.7. The van der Waals surface area contributed by atoms with E-state index in [-0.39, 0.29) is 12.0 Å². The van der Waals surface area contributed by atoms with Crippen molar-refractivity contribution in [3.8, 4) is 5.75 Å². The van der Waals surface area contributed by atoms with Crippen LogP contribution < -0.4 is 10.1 Å². The Balaban J connectivity index is 2.43. The SMILES string of the molecule is CCCCN(C)C(=O)CCNc1ccccc1OC(C)C. The predicted molar refractivity (Wildman–Crippen MR) is 87.9 cm³/mol. The van der Waals surface area contributed by atoms with E-state index in [0.717, 1.165) is 30.8 Å². The van der Waals surface area contributed by atoms with Crippen molar-refractivity contribution in [2.75, 3.05) is 25.5 Å². The van der Waals surface area contributed by atoms with Crippen molar-refractivity contribution in [2.24, 2.45) is 0 Å². The Labute approximate surface area is 128 Å². The summed E-state index contributed by atoms with van der Waals surface area (Å²) in [5.41, 5.74) is 0.940. The number of hydrogen-bond donors (Lipinski definition) is 1. The third kappa shape index (κ3) is 6.52. The Kier molecular flexibility index (Phi) is 7.65. The van der Waals surface area contributed by atoms with Crippen molar-refractivity contribution in [2.45, 2.75) is 46.1 Å². The van der Waals surface area contributed by atoms with Crippen molar-refractivity contribution >= 4 is 11.6 Å². The zero-order valence-corrected chi connectivity index (χ0v) is 13.7. The number of unbranched alkanes of at least 4 members (excludes halogenated alkanes) is 1. The molecule has 1 aromatic carbocycles. The maximum atomic E-state index is 12.0. The van der Waals surface area contributed by atoms with Crippen LogP contribution in [0.2, 0.25) is 0 Å². The number of nitrogens with one attached hydrogen (secondary N) is 1. The second-order valence-electron chi connectivity index (χ2n) is 5.51. The maximum Gasteiger partial charge on any atom is 0.224 e. The van der Waals surface area contributed by atoms with E-state index in [1.165, 1.54) is 0 Å². The van der Waals surface area contributed by atoms with Gasteiger partial charge in [-0.25, -0.2) is 0 Å². The first-order chi connectivity index (χ1) is 10.0. The Morgan fingerprint density at radius 3 is 2.71 bits per heavy atom. The Bertz CT molecular complexity index is 433.